The average molecular weight is 355 g/mol. The molecule has 0 aliphatic heterocycles. The molecule has 26 heavy (non-hydrogen) atoms. The minimum atomic E-state index is 0.0812. The highest BCUT2D eigenvalue weighted by Crippen LogP contribution is 2.19. The number of benzene rings is 2. The Hall–Kier alpha value is -2.33. The second-order valence-corrected chi connectivity index (χ2v) is 6.60. The van der Waals surface area contributed by atoms with Gasteiger partial charge in [0.2, 0.25) is 5.91 Å². The molecule has 0 unspecified atom stereocenters. The summed E-state index contributed by atoms with van der Waals surface area (Å²) in [6, 6.07) is 14.3. The standard InChI is InChI=1S/C22H29NO3/c1-17-7-8-18(2)21(14-17)26-13-5-4-6-22(24)23-15-19-9-11-20(12-10-19)16-25-3/h7-12,14H,4-6,13,15-16H2,1-3H3,(H,23,24). The molecule has 1 N–H and O–H groups in total. The molecule has 2 aromatic rings. The first-order chi connectivity index (χ1) is 12.6. The number of carbonyl (C=O) groups excluding carboxylic acids is 1. The van der Waals surface area contributed by atoms with Crippen molar-refractivity contribution in [1.29, 1.82) is 0 Å². The molecule has 2 aromatic carbocycles. The third-order valence-corrected chi connectivity index (χ3v) is 4.22. The highest BCUT2D eigenvalue weighted by molar-refractivity contribution is 5.75. The summed E-state index contributed by atoms with van der Waals surface area (Å²) in [7, 11) is 1.68. The van der Waals surface area contributed by atoms with E-state index in [4.69, 9.17) is 9.47 Å². The summed E-state index contributed by atoms with van der Waals surface area (Å²) in [4.78, 5) is 11.9. The number of hydrogen-bond donors (Lipinski definition) is 1. The molecule has 0 saturated heterocycles. The number of rotatable bonds is 10. The summed E-state index contributed by atoms with van der Waals surface area (Å²) < 4.78 is 10.9. The van der Waals surface area contributed by atoms with Gasteiger partial charge in [-0.15, -0.1) is 0 Å². The summed E-state index contributed by atoms with van der Waals surface area (Å²) >= 11 is 0. The van der Waals surface area contributed by atoms with Gasteiger partial charge >= 0.3 is 0 Å². The van der Waals surface area contributed by atoms with Gasteiger partial charge in [0.25, 0.3) is 0 Å². The van der Waals surface area contributed by atoms with Crippen LogP contribution in [-0.2, 0) is 22.7 Å². The van der Waals surface area contributed by atoms with Crippen LogP contribution in [0.3, 0.4) is 0 Å². The first kappa shape index (κ1) is 20.0. The second kappa shape index (κ2) is 10.6. The lowest BCUT2D eigenvalue weighted by Crippen LogP contribution is -2.22. The van der Waals surface area contributed by atoms with Crippen LogP contribution in [-0.4, -0.2) is 19.6 Å². The zero-order chi connectivity index (χ0) is 18.8. The Morgan fingerprint density at radius 2 is 1.73 bits per heavy atom. The van der Waals surface area contributed by atoms with Crippen molar-refractivity contribution >= 4 is 5.91 Å². The van der Waals surface area contributed by atoms with Gasteiger partial charge in [-0.2, -0.15) is 0 Å². The Kier molecular flexibility index (Phi) is 8.16. The third kappa shape index (κ3) is 6.89. The monoisotopic (exact) mass is 355 g/mol. The SMILES string of the molecule is COCc1ccc(CNC(=O)CCCCOc2cc(C)ccc2C)cc1. The number of hydrogen-bond acceptors (Lipinski definition) is 3. The number of unbranched alkanes of at least 4 members (excludes halogenated alkanes) is 1. The number of amides is 1. The van der Waals surface area contributed by atoms with Gasteiger partial charge in [-0.3, -0.25) is 4.79 Å². The molecule has 4 nitrogen and oxygen atoms in total. The normalized spacial score (nSPS) is 10.6. The average Bonchev–Trinajstić information content (AvgIpc) is 2.64. The van der Waals surface area contributed by atoms with Crippen molar-refractivity contribution in [3.8, 4) is 5.75 Å². The summed E-state index contributed by atoms with van der Waals surface area (Å²) in [5.74, 6) is 1.02. The lowest BCUT2D eigenvalue weighted by molar-refractivity contribution is -0.121. The summed E-state index contributed by atoms with van der Waals surface area (Å²) in [6.45, 7) is 5.91. The van der Waals surface area contributed by atoms with Crippen molar-refractivity contribution in [1.82, 2.24) is 5.32 Å². The molecule has 4 heteroatoms. The number of nitrogens with one attached hydrogen (secondary N) is 1. The quantitative estimate of drug-likeness (QED) is 0.646. The minimum Gasteiger partial charge on any atom is -0.493 e. The maximum Gasteiger partial charge on any atom is 0.220 e. The van der Waals surface area contributed by atoms with Gasteiger partial charge in [0.1, 0.15) is 5.75 Å². The fourth-order valence-electron chi connectivity index (χ4n) is 2.64. The Morgan fingerprint density at radius 1 is 1.00 bits per heavy atom. The molecule has 0 saturated carbocycles. The van der Waals surface area contributed by atoms with Gasteiger partial charge in [-0.25, -0.2) is 0 Å². The molecule has 0 spiro atoms. The number of aryl methyl sites for hydroxylation is 2. The minimum absolute atomic E-state index is 0.0812. The molecular weight excluding hydrogens is 326 g/mol. The fourth-order valence-corrected chi connectivity index (χ4v) is 2.64. The molecule has 0 radical (unpaired) electrons. The summed E-state index contributed by atoms with van der Waals surface area (Å²) in [5, 5.41) is 2.96. The van der Waals surface area contributed by atoms with Gasteiger partial charge in [0.15, 0.2) is 0 Å². The van der Waals surface area contributed by atoms with Crippen LogP contribution in [0.4, 0.5) is 0 Å². The van der Waals surface area contributed by atoms with E-state index < -0.39 is 0 Å². The maximum atomic E-state index is 11.9. The van der Waals surface area contributed by atoms with Crippen molar-refractivity contribution in [3.63, 3.8) is 0 Å². The molecule has 2 rings (SSSR count). The molecule has 0 bridgehead atoms. The first-order valence-electron chi connectivity index (χ1n) is 9.12. The molecule has 0 aromatic heterocycles. The van der Waals surface area contributed by atoms with Crippen LogP contribution in [0.15, 0.2) is 42.5 Å². The van der Waals surface area contributed by atoms with Crippen LogP contribution in [0.2, 0.25) is 0 Å². The van der Waals surface area contributed by atoms with Crippen LogP contribution >= 0.6 is 0 Å². The fraction of sp³-hybridized carbons (Fsp3) is 0.409. The molecule has 1 amide bonds. The topological polar surface area (TPSA) is 47.6 Å². The molecular formula is C22H29NO3. The third-order valence-electron chi connectivity index (χ3n) is 4.22. The van der Waals surface area contributed by atoms with E-state index in [0.29, 0.717) is 26.2 Å². The lowest BCUT2D eigenvalue weighted by atomic mass is 10.1. The van der Waals surface area contributed by atoms with E-state index in [1.807, 2.05) is 31.2 Å². The number of methoxy groups -OCH3 is 1. The number of carbonyl (C=O) groups is 1. The molecule has 140 valence electrons. The van der Waals surface area contributed by atoms with Crippen molar-refractivity contribution < 1.29 is 14.3 Å². The van der Waals surface area contributed by atoms with Crippen molar-refractivity contribution in [2.24, 2.45) is 0 Å². The van der Waals surface area contributed by atoms with Gasteiger partial charge in [0, 0.05) is 20.1 Å². The van der Waals surface area contributed by atoms with E-state index in [1.165, 1.54) is 5.56 Å². The van der Waals surface area contributed by atoms with Crippen molar-refractivity contribution in [2.75, 3.05) is 13.7 Å². The highest BCUT2D eigenvalue weighted by atomic mass is 16.5. The van der Waals surface area contributed by atoms with Gasteiger partial charge in [-0.05, 0) is 55.0 Å². The summed E-state index contributed by atoms with van der Waals surface area (Å²) in [5.41, 5.74) is 4.56. The van der Waals surface area contributed by atoms with E-state index in [1.54, 1.807) is 7.11 Å². The molecule has 0 heterocycles. The van der Waals surface area contributed by atoms with Crippen LogP contribution in [0.1, 0.15) is 41.5 Å². The highest BCUT2D eigenvalue weighted by Gasteiger charge is 2.03. The van der Waals surface area contributed by atoms with E-state index in [-0.39, 0.29) is 5.91 Å². The molecule has 0 fully saturated rings. The lowest BCUT2D eigenvalue weighted by Gasteiger charge is -2.10. The van der Waals surface area contributed by atoms with E-state index in [9.17, 15) is 4.79 Å². The largest absolute Gasteiger partial charge is 0.493 e. The van der Waals surface area contributed by atoms with Crippen LogP contribution in [0, 0.1) is 13.8 Å². The van der Waals surface area contributed by atoms with Crippen LogP contribution in [0.25, 0.3) is 0 Å². The van der Waals surface area contributed by atoms with Gasteiger partial charge in [0.05, 0.1) is 13.2 Å². The summed E-state index contributed by atoms with van der Waals surface area (Å²) in [6.07, 6.45) is 2.22. The zero-order valence-corrected chi connectivity index (χ0v) is 16.0. The van der Waals surface area contributed by atoms with Crippen molar-refractivity contribution in [2.45, 2.75) is 46.3 Å². The van der Waals surface area contributed by atoms with Crippen molar-refractivity contribution in [3.05, 3.63) is 64.7 Å². The first-order valence-corrected chi connectivity index (χ1v) is 9.12. The number of ether oxygens (including phenoxy) is 2. The molecule has 0 atom stereocenters. The zero-order valence-electron chi connectivity index (χ0n) is 16.0. The van der Waals surface area contributed by atoms with Crippen LogP contribution in [0.5, 0.6) is 5.75 Å². The smallest absolute Gasteiger partial charge is 0.220 e. The predicted molar refractivity (Wildman–Crippen MR) is 104 cm³/mol. The van der Waals surface area contributed by atoms with Crippen LogP contribution < -0.4 is 10.1 Å². The Balaban J connectivity index is 1.60. The Morgan fingerprint density at radius 3 is 2.46 bits per heavy atom. The Bertz CT molecular complexity index is 695. The van der Waals surface area contributed by atoms with Gasteiger partial charge < -0.3 is 14.8 Å². The molecule has 0 aliphatic carbocycles. The predicted octanol–water partition coefficient (Wildman–Crippen LogP) is 4.32. The molecule has 0 aliphatic rings. The van der Waals surface area contributed by atoms with Gasteiger partial charge in [-0.1, -0.05) is 36.4 Å². The second-order valence-electron chi connectivity index (χ2n) is 6.60. The van der Waals surface area contributed by atoms with E-state index in [2.05, 4.69) is 30.4 Å². The maximum absolute atomic E-state index is 11.9. The van der Waals surface area contributed by atoms with E-state index in [0.717, 1.165) is 35.3 Å². The van der Waals surface area contributed by atoms with E-state index >= 15 is 0 Å². The Labute approximate surface area is 156 Å².